The molecule has 0 spiro atoms. The molecule has 1 saturated heterocycles. The second kappa shape index (κ2) is 7.21. The van der Waals surface area contributed by atoms with Crippen LogP contribution in [0.2, 0.25) is 0 Å². The number of rotatable bonds is 5. The molecule has 1 rings (SSSR count). The monoisotopic (exact) mass is 286 g/mol. The van der Waals surface area contributed by atoms with Crippen LogP contribution in [-0.2, 0) is 4.74 Å². The maximum absolute atomic E-state index is 9.95. The molecule has 0 aromatic carbocycles. The molecule has 1 fully saturated rings. The van der Waals surface area contributed by atoms with Crippen molar-refractivity contribution in [2.24, 2.45) is 5.41 Å². The van der Waals surface area contributed by atoms with Crippen LogP contribution in [0.1, 0.15) is 48.0 Å². The van der Waals surface area contributed by atoms with Crippen molar-refractivity contribution in [1.82, 2.24) is 9.80 Å². The molecule has 0 aromatic heterocycles. The summed E-state index contributed by atoms with van der Waals surface area (Å²) in [7, 11) is 0. The van der Waals surface area contributed by atoms with E-state index in [1.165, 1.54) is 0 Å². The highest BCUT2D eigenvalue weighted by Crippen LogP contribution is 2.19. The predicted molar refractivity (Wildman–Crippen MR) is 83.8 cm³/mol. The number of hydrogen-bond acceptors (Lipinski definition) is 4. The van der Waals surface area contributed by atoms with Gasteiger partial charge in [-0.05, 0) is 32.6 Å². The molecule has 0 amide bonds. The van der Waals surface area contributed by atoms with Gasteiger partial charge in [0.05, 0.1) is 6.61 Å². The summed E-state index contributed by atoms with van der Waals surface area (Å²) in [5, 5.41) is 9.95. The van der Waals surface area contributed by atoms with E-state index >= 15 is 0 Å². The molecule has 0 bridgehead atoms. The Morgan fingerprint density at radius 1 is 1.00 bits per heavy atom. The van der Waals surface area contributed by atoms with Crippen LogP contribution < -0.4 is 0 Å². The lowest BCUT2D eigenvalue weighted by Gasteiger charge is -2.42. The Morgan fingerprint density at radius 2 is 1.55 bits per heavy atom. The fourth-order valence-corrected chi connectivity index (χ4v) is 2.38. The maximum atomic E-state index is 9.95. The molecule has 0 unspecified atom stereocenters. The topological polar surface area (TPSA) is 35.9 Å². The van der Waals surface area contributed by atoms with Gasteiger partial charge in [0, 0.05) is 38.3 Å². The summed E-state index contributed by atoms with van der Waals surface area (Å²) in [5.41, 5.74) is 0.506. The number of aliphatic hydroxyl groups excluding tert-OH is 1. The smallest absolute Gasteiger partial charge is 0.167 e. The normalized spacial score (nSPS) is 21.1. The average molecular weight is 286 g/mol. The van der Waals surface area contributed by atoms with E-state index in [1.807, 2.05) is 0 Å². The molecule has 4 nitrogen and oxygen atoms in total. The van der Waals surface area contributed by atoms with Gasteiger partial charge in [0.1, 0.15) is 0 Å². The molecule has 1 aliphatic heterocycles. The van der Waals surface area contributed by atoms with Crippen molar-refractivity contribution >= 4 is 0 Å². The molecule has 1 N–H and O–H groups in total. The van der Waals surface area contributed by atoms with E-state index in [1.54, 1.807) is 0 Å². The first-order chi connectivity index (χ1) is 9.08. The second-order valence-electron chi connectivity index (χ2n) is 8.09. The highest BCUT2D eigenvalue weighted by atomic mass is 16.6. The van der Waals surface area contributed by atoms with Crippen LogP contribution in [-0.4, -0.2) is 66.1 Å². The first kappa shape index (κ1) is 17.9. The lowest BCUT2D eigenvalue weighted by Crippen LogP contribution is -2.54. The van der Waals surface area contributed by atoms with Gasteiger partial charge in [-0.2, -0.15) is 0 Å². The van der Waals surface area contributed by atoms with Crippen molar-refractivity contribution < 1.29 is 9.84 Å². The minimum absolute atomic E-state index is 0.244. The third-order valence-electron chi connectivity index (χ3n) is 3.90. The Bertz CT molecular complexity index is 273. The highest BCUT2D eigenvalue weighted by Gasteiger charge is 2.26. The zero-order valence-corrected chi connectivity index (χ0v) is 14.3. The van der Waals surface area contributed by atoms with Gasteiger partial charge in [-0.3, -0.25) is 9.80 Å². The van der Waals surface area contributed by atoms with E-state index in [4.69, 9.17) is 4.74 Å². The van der Waals surface area contributed by atoms with Crippen LogP contribution >= 0.6 is 0 Å². The van der Waals surface area contributed by atoms with E-state index in [0.29, 0.717) is 13.2 Å². The van der Waals surface area contributed by atoms with Crippen LogP contribution in [0.25, 0.3) is 0 Å². The predicted octanol–water partition coefficient (Wildman–Crippen LogP) is 2.17. The largest absolute Gasteiger partial charge is 0.367 e. The molecule has 20 heavy (non-hydrogen) atoms. The van der Waals surface area contributed by atoms with Gasteiger partial charge in [-0.25, -0.2) is 0 Å². The van der Waals surface area contributed by atoms with E-state index < -0.39 is 6.29 Å². The van der Waals surface area contributed by atoms with Gasteiger partial charge >= 0.3 is 0 Å². The summed E-state index contributed by atoms with van der Waals surface area (Å²) < 4.78 is 5.52. The van der Waals surface area contributed by atoms with Crippen molar-refractivity contribution in [2.45, 2.75) is 59.8 Å². The van der Waals surface area contributed by atoms with Crippen molar-refractivity contribution in [2.75, 3.05) is 39.3 Å². The second-order valence-corrected chi connectivity index (χ2v) is 8.09. The summed E-state index contributed by atoms with van der Waals surface area (Å²) >= 11 is 0. The zero-order chi connectivity index (χ0) is 15.4. The molecule has 0 radical (unpaired) electrons. The molecular weight excluding hydrogens is 252 g/mol. The van der Waals surface area contributed by atoms with Gasteiger partial charge < -0.3 is 9.84 Å². The van der Waals surface area contributed by atoms with Crippen molar-refractivity contribution in [3.63, 3.8) is 0 Å². The van der Waals surface area contributed by atoms with Gasteiger partial charge in [0.2, 0.25) is 0 Å². The Kier molecular flexibility index (Phi) is 6.45. The van der Waals surface area contributed by atoms with Crippen LogP contribution in [0.15, 0.2) is 0 Å². The molecule has 1 aliphatic rings. The molecule has 0 saturated carbocycles. The number of nitrogens with zero attached hydrogens (tertiary/aromatic N) is 2. The number of hydrogen-bond donors (Lipinski definition) is 1. The van der Waals surface area contributed by atoms with E-state index in [2.05, 4.69) is 51.3 Å². The summed E-state index contributed by atoms with van der Waals surface area (Å²) in [6.07, 6.45) is 0.320. The minimum atomic E-state index is -0.654. The van der Waals surface area contributed by atoms with Crippen molar-refractivity contribution in [3.8, 4) is 0 Å². The van der Waals surface area contributed by atoms with E-state index in [0.717, 1.165) is 32.6 Å². The minimum Gasteiger partial charge on any atom is -0.367 e. The quantitative estimate of drug-likeness (QED) is 0.786. The standard InChI is InChI=1S/C16H34N2O2/c1-15(2,3)7-12-20-14(19)13-17-8-10-18(11-9-17)16(4,5)6/h14,19H,7-13H2,1-6H3/t14-/m1/s1. The van der Waals surface area contributed by atoms with Gasteiger partial charge in [0.25, 0.3) is 0 Å². The van der Waals surface area contributed by atoms with Crippen LogP contribution in [0.3, 0.4) is 0 Å². The summed E-state index contributed by atoms with van der Waals surface area (Å²) in [5.74, 6) is 0. The molecule has 0 aromatic rings. The lowest BCUT2D eigenvalue weighted by molar-refractivity contribution is -0.122. The fraction of sp³-hybridized carbons (Fsp3) is 1.00. The molecule has 4 heteroatoms. The van der Waals surface area contributed by atoms with Crippen LogP contribution in [0, 0.1) is 5.41 Å². The SMILES string of the molecule is CC(C)(C)CCO[C@@H](O)CN1CCN(C(C)(C)C)CC1. The molecule has 1 heterocycles. The number of aliphatic hydroxyl groups is 1. The molecule has 1 atom stereocenters. The number of piperazine rings is 1. The summed E-state index contributed by atoms with van der Waals surface area (Å²) in [4.78, 5) is 4.79. The van der Waals surface area contributed by atoms with Crippen molar-refractivity contribution in [1.29, 1.82) is 0 Å². The van der Waals surface area contributed by atoms with Gasteiger partial charge in [0.15, 0.2) is 6.29 Å². The number of ether oxygens (including phenoxy) is 1. The Balaban J connectivity index is 2.20. The molecule has 0 aliphatic carbocycles. The van der Waals surface area contributed by atoms with Crippen LogP contribution in [0.4, 0.5) is 0 Å². The highest BCUT2D eigenvalue weighted by molar-refractivity contribution is 4.82. The molecular formula is C16H34N2O2. The van der Waals surface area contributed by atoms with E-state index in [9.17, 15) is 5.11 Å². The van der Waals surface area contributed by atoms with Crippen LogP contribution in [0.5, 0.6) is 0 Å². The Labute approximate surface area is 125 Å². The average Bonchev–Trinajstić information content (AvgIpc) is 2.26. The van der Waals surface area contributed by atoms with Crippen molar-refractivity contribution in [3.05, 3.63) is 0 Å². The summed E-state index contributed by atoms with van der Waals surface area (Å²) in [6, 6.07) is 0. The first-order valence-corrected chi connectivity index (χ1v) is 7.85. The zero-order valence-electron chi connectivity index (χ0n) is 14.3. The van der Waals surface area contributed by atoms with Gasteiger partial charge in [-0.15, -0.1) is 0 Å². The number of β-amino-alcohol motifs (C(OH)–C–C–N with tert-alkyl or cyclic N) is 1. The Hall–Kier alpha value is -0.160. The summed E-state index contributed by atoms with van der Waals surface area (Å²) in [6.45, 7) is 18.8. The fourth-order valence-electron chi connectivity index (χ4n) is 2.38. The maximum Gasteiger partial charge on any atom is 0.167 e. The lowest BCUT2D eigenvalue weighted by atomic mass is 9.93. The van der Waals surface area contributed by atoms with E-state index in [-0.39, 0.29) is 11.0 Å². The third-order valence-corrected chi connectivity index (χ3v) is 3.90. The van der Waals surface area contributed by atoms with Gasteiger partial charge in [-0.1, -0.05) is 20.8 Å². The Morgan fingerprint density at radius 3 is 2.00 bits per heavy atom. The third kappa shape index (κ3) is 7.02. The molecule has 120 valence electrons. The first-order valence-electron chi connectivity index (χ1n) is 7.85.